The molecule has 2 aliphatic heterocycles. The van der Waals surface area contributed by atoms with Crippen LogP contribution in [0.25, 0.3) is 6.08 Å². The number of nitrogens with zero attached hydrogens (tertiary/aromatic N) is 2. The fraction of sp³-hybridized carbons (Fsp3) is 0.320. The summed E-state index contributed by atoms with van der Waals surface area (Å²) in [5.74, 6) is -2.25. The van der Waals surface area contributed by atoms with Crippen molar-refractivity contribution in [2.75, 3.05) is 4.90 Å². The first-order valence-electron chi connectivity index (χ1n) is 10.3. The summed E-state index contributed by atoms with van der Waals surface area (Å²) in [5.41, 5.74) is 5.56. The van der Waals surface area contributed by atoms with Gasteiger partial charge in [-0.15, -0.1) is 0 Å². The Bertz CT molecular complexity index is 1180. The molecule has 2 aromatic carbocycles. The highest BCUT2D eigenvalue weighted by Gasteiger charge is 2.66. The van der Waals surface area contributed by atoms with Crippen molar-refractivity contribution in [2.24, 2.45) is 16.6 Å². The first kappa shape index (κ1) is 22.2. The van der Waals surface area contributed by atoms with Gasteiger partial charge in [-0.25, -0.2) is 4.39 Å². The highest BCUT2D eigenvalue weighted by atomic mass is 79.9. The number of primary amides is 1. The van der Waals surface area contributed by atoms with Gasteiger partial charge in [0.2, 0.25) is 5.91 Å². The van der Waals surface area contributed by atoms with Gasteiger partial charge in [0.25, 0.3) is 0 Å². The van der Waals surface area contributed by atoms with E-state index in [1.54, 1.807) is 6.08 Å². The number of hydrogen-bond donors (Lipinski definition) is 1. The summed E-state index contributed by atoms with van der Waals surface area (Å²) in [6.45, 7) is 5.43. The first-order chi connectivity index (χ1) is 15.0. The molecule has 0 saturated carbocycles. The Kier molecular flexibility index (Phi) is 5.25. The normalized spacial score (nSPS) is 26.2. The molecule has 32 heavy (non-hydrogen) atoms. The number of benzene rings is 2. The average molecular weight is 496 g/mol. The molecule has 2 aliphatic rings. The Balaban J connectivity index is 2.05. The average Bonchev–Trinajstić information content (AvgIpc) is 3.04. The molecule has 7 heteroatoms. The van der Waals surface area contributed by atoms with Crippen LogP contribution in [0.1, 0.15) is 37.8 Å². The molecule has 2 aromatic rings. The molecular weight excluding hydrogens is 473 g/mol. The Hall–Kier alpha value is -2.98. The smallest absolute Gasteiger partial charge is 0.241 e. The van der Waals surface area contributed by atoms with Crippen LogP contribution in [0.5, 0.6) is 0 Å². The third-order valence-corrected chi connectivity index (χ3v) is 6.92. The van der Waals surface area contributed by atoms with Crippen LogP contribution in [0.4, 0.5) is 10.1 Å². The van der Waals surface area contributed by atoms with Crippen LogP contribution < -0.4 is 10.6 Å². The van der Waals surface area contributed by atoms with Crippen molar-refractivity contribution < 1.29 is 14.0 Å². The molecule has 0 spiro atoms. The van der Waals surface area contributed by atoms with Gasteiger partial charge in [0.1, 0.15) is 5.82 Å². The minimum atomic E-state index is -1.72. The fourth-order valence-electron chi connectivity index (χ4n) is 4.95. The van der Waals surface area contributed by atoms with Crippen molar-refractivity contribution in [1.29, 1.82) is 5.26 Å². The van der Waals surface area contributed by atoms with Gasteiger partial charge >= 0.3 is 0 Å². The molecular formula is C25H23BrFN3O2. The van der Waals surface area contributed by atoms with Gasteiger partial charge < -0.3 is 10.6 Å². The van der Waals surface area contributed by atoms with E-state index in [1.165, 1.54) is 24.3 Å². The maximum atomic E-state index is 13.9. The number of anilines is 1. The van der Waals surface area contributed by atoms with Crippen LogP contribution >= 0.6 is 15.9 Å². The molecule has 4 atom stereocenters. The highest BCUT2D eigenvalue weighted by Crippen LogP contribution is 2.56. The minimum Gasteiger partial charge on any atom is -0.368 e. The van der Waals surface area contributed by atoms with E-state index in [1.807, 2.05) is 49.9 Å². The number of hydrogen-bond acceptors (Lipinski definition) is 4. The van der Waals surface area contributed by atoms with Gasteiger partial charge in [0, 0.05) is 21.5 Å². The summed E-state index contributed by atoms with van der Waals surface area (Å²) in [6, 6.07) is 11.9. The molecule has 0 aromatic heterocycles. The second-order valence-corrected chi connectivity index (χ2v) is 10.3. The Morgan fingerprint density at radius 3 is 2.41 bits per heavy atom. The van der Waals surface area contributed by atoms with E-state index in [9.17, 15) is 19.2 Å². The molecule has 0 bridgehead atoms. The van der Waals surface area contributed by atoms with E-state index >= 15 is 0 Å². The van der Waals surface area contributed by atoms with E-state index < -0.39 is 40.6 Å². The minimum absolute atomic E-state index is 0.126. The summed E-state index contributed by atoms with van der Waals surface area (Å²) in [5, 5.41) is 10.4. The van der Waals surface area contributed by atoms with E-state index in [0.717, 1.165) is 15.7 Å². The van der Waals surface area contributed by atoms with E-state index in [0.29, 0.717) is 5.56 Å². The van der Waals surface area contributed by atoms with Crippen LogP contribution in [0.2, 0.25) is 0 Å². The predicted molar refractivity (Wildman–Crippen MR) is 124 cm³/mol. The SMILES string of the molecule is CC(C)(C)C(=O)[C@@H]1[C@H](c2ccc(F)cc2)[C@@](C#N)(C(N)=O)[C@H]2C=Cc3cc(Br)ccc3N12. The summed E-state index contributed by atoms with van der Waals surface area (Å²) in [7, 11) is 0. The third-order valence-electron chi connectivity index (χ3n) is 6.43. The second kappa shape index (κ2) is 7.56. The summed E-state index contributed by atoms with van der Waals surface area (Å²) < 4.78 is 14.6. The number of fused-ring (bicyclic) bond motifs is 3. The lowest BCUT2D eigenvalue weighted by Gasteiger charge is -2.37. The van der Waals surface area contributed by atoms with Gasteiger partial charge in [0.05, 0.1) is 18.2 Å². The van der Waals surface area contributed by atoms with Crippen LogP contribution in [0.3, 0.4) is 0 Å². The zero-order chi connectivity index (χ0) is 23.4. The standard InChI is InChI=1S/C25H23BrFN3O2/c1-24(2,3)22(31)21-20(14-4-8-17(27)9-5-14)25(13-28,23(29)32)19-11-6-15-12-16(26)7-10-18(15)30(19)21/h4-12,19-21H,1-3H3,(H2,29,32)/t19-,20+,21+,25+/m1/s1. The lowest BCUT2D eigenvalue weighted by molar-refractivity contribution is -0.128. The summed E-state index contributed by atoms with van der Waals surface area (Å²) in [6.07, 6.45) is 3.62. The van der Waals surface area contributed by atoms with Crippen LogP contribution in [0.15, 0.2) is 53.0 Å². The van der Waals surface area contributed by atoms with E-state index in [2.05, 4.69) is 22.0 Å². The maximum Gasteiger partial charge on any atom is 0.241 e. The molecule has 2 N–H and O–H groups in total. The first-order valence-corrected chi connectivity index (χ1v) is 11.1. The monoisotopic (exact) mass is 495 g/mol. The van der Waals surface area contributed by atoms with Crippen molar-refractivity contribution in [3.63, 3.8) is 0 Å². The fourth-order valence-corrected chi connectivity index (χ4v) is 5.32. The third kappa shape index (κ3) is 3.17. The largest absolute Gasteiger partial charge is 0.368 e. The van der Waals surface area contributed by atoms with Crippen LogP contribution in [-0.4, -0.2) is 23.8 Å². The van der Waals surface area contributed by atoms with Crippen molar-refractivity contribution in [3.05, 3.63) is 70.0 Å². The number of amides is 1. The van der Waals surface area contributed by atoms with Gasteiger partial charge in [-0.05, 0) is 41.5 Å². The van der Waals surface area contributed by atoms with Crippen molar-refractivity contribution in [1.82, 2.24) is 0 Å². The molecule has 0 unspecified atom stereocenters. The highest BCUT2D eigenvalue weighted by molar-refractivity contribution is 9.10. The molecule has 1 amide bonds. The molecule has 1 saturated heterocycles. The second-order valence-electron chi connectivity index (χ2n) is 9.35. The van der Waals surface area contributed by atoms with Crippen LogP contribution in [0, 0.1) is 28.0 Å². The summed E-state index contributed by atoms with van der Waals surface area (Å²) in [4.78, 5) is 28.7. The molecule has 2 heterocycles. The van der Waals surface area contributed by atoms with Gasteiger partial charge in [-0.2, -0.15) is 5.26 Å². The number of halogens is 2. The number of Topliss-reactive ketones (excluding diaryl/α,β-unsaturated/α-hetero) is 1. The van der Waals surface area contributed by atoms with Gasteiger partial charge in [-0.1, -0.05) is 61.0 Å². The molecule has 4 rings (SSSR count). The quantitative estimate of drug-likeness (QED) is 0.675. The van der Waals surface area contributed by atoms with Gasteiger partial charge in [-0.3, -0.25) is 9.59 Å². The molecule has 164 valence electrons. The Labute approximate surface area is 194 Å². The Morgan fingerprint density at radius 2 is 1.84 bits per heavy atom. The van der Waals surface area contributed by atoms with Crippen molar-refractivity contribution in [3.8, 4) is 6.07 Å². The molecule has 0 radical (unpaired) electrons. The zero-order valence-electron chi connectivity index (χ0n) is 18.0. The number of carbonyl (C=O) groups is 2. The number of rotatable bonds is 3. The number of nitrogens with two attached hydrogens (primary N) is 1. The predicted octanol–water partition coefficient (Wildman–Crippen LogP) is 4.57. The van der Waals surface area contributed by atoms with Crippen molar-refractivity contribution in [2.45, 2.75) is 38.8 Å². The van der Waals surface area contributed by atoms with E-state index in [4.69, 9.17) is 5.73 Å². The molecule has 5 nitrogen and oxygen atoms in total. The number of nitriles is 1. The van der Waals surface area contributed by atoms with Gasteiger partial charge in [0.15, 0.2) is 11.2 Å². The maximum absolute atomic E-state index is 13.9. The summed E-state index contributed by atoms with van der Waals surface area (Å²) >= 11 is 3.47. The number of carbonyl (C=O) groups excluding carboxylic acids is 2. The van der Waals surface area contributed by atoms with Crippen molar-refractivity contribution >= 4 is 39.4 Å². The lowest BCUT2D eigenvalue weighted by Crippen LogP contribution is -2.49. The molecule has 0 aliphatic carbocycles. The topological polar surface area (TPSA) is 87.2 Å². The van der Waals surface area contributed by atoms with Crippen LogP contribution in [-0.2, 0) is 9.59 Å². The lowest BCUT2D eigenvalue weighted by atomic mass is 9.66. The zero-order valence-corrected chi connectivity index (χ0v) is 19.6. The number of ketones is 1. The molecule has 1 fully saturated rings. The Morgan fingerprint density at radius 1 is 1.19 bits per heavy atom. The van der Waals surface area contributed by atoms with E-state index in [-0.39, 0.29) is 5.78 Å².